The molecular weight excluding hydrogens is 368 g/mol. The molecule has 3 aromatic heterocycles. The summed E-state index contributed by atoms with van der Waals surface area (Å²) in [7, 11) is 1.88. The van der Waals surface area contributed by atoms with E-state index in [1.165, 1.54) is 0 Å². The van der Waals surface area contributed by atoms with Crippen LogP contribution in [0.25, 0.3) is 5.52 Å². The van der Waals surface area contributed by atoms with Gasteiger partial charge >= 0.3 is 5.97 Å². The van der Waals surface area contributed by atoms with Gasteiger partial charge in [0.1, 0.15) is 5.69 Å². The van der Waals surface area contributed by atoms with Gasteiger partial charge in [0.25, 0.3) is 5.91 Å². The lowest BCUT2D eigenvalue weighted by Crippen LogP contribution is -2.44. The number of aromatic nitrogens is 3. The third-order valence-electron chi connectivity index (χ3n) is 5.79. The number of rotatable bonds is 5. The van der Waals surface area contributed by atoms with E-state index >= 15 is 0 Å². The van der Waals surface area contributed by atoms with E-state index in [-0.39, 0.29) is 17.9 Å². The summed E-state index contributed by atoms with van der Waals surface area (Å²) in [6.45, 7) is 2.92. The van der Waals surface area contributed by atoms with Crippen LogP contribution in [0.15, 0.2) is 43.0 Å². The average molecular weight is 394 g/mol. The lowest BCUT2D eigenvalue weighted by atomic mass is 9.99. The highest BCUT2D eigenvalue weighted by atomic mass is 16.5. The van der Waals surface area contributed by atoms with Gasteiger partial charge < -0.3 is 18.6 Å². The van der Waals surface area contributed by atoms with E-state index in [2.05, 4.69) is 4.98 Å². The van der Waals surface area contributed by atoms with E-state index in [0.29, 0.717) is 24.3 Å². The number of hydrogen-bond donors (Lipinski definition) is 0. The third-order valence-corrected chi connectivity index (χ3v) is 5.79. The Kier molecular flexibility index (Phi) is 5.38. The Morgan fingerprint density at radius 1 is 1.24 bits per heavy atom. The first-order valence-electron chi connectivity index (χ1n) is 10.1. The largest absolute Gasteiger partial charge is 0.462 e. The first kappa shape index (κ1) is 19.2. The Balaban J connectivity index is 1.39. The molecule has 0 radical (unpaired) electrons. The summed E-state index contributed by atoms with van der Waals surface area (Å²) in [5.41, 5.74) is 2.98. The van der Waals surface area contributed by atoms with Crippen molar-refractivity contribution in [3.05, 3.63) is 59.9 Å². The average Bonchev–Trinajstić information content (AvgIpc) is 3.37. The normalized spacial score (nSPS) is 16.9. The molecule has 3 aromatic rings. The van der Waals surface area contributed by atoms with Crippen LogP contribution in [-0.2, 0) is 11.8 Å². The number of aryl methyl sites for hydroxylation is 2. The van der Waals surface area contributed by atoms with Gasteiger partial charge in [0, 0.05) is 37.9 Å². The zero-order valence-electron chi connectivity index (χ0n) is 16.9. The molecule has 1 fully saturated rings. The van der Waals surface area contributed by atoms with Crippen LogP contribution in [0.3, 0.4) is 0 Å². The maximum Gasteiger partial charge on any atom is 0.339 e. The van der Waals surface area contributed by atoms with Gasteiger partial charge in [-0.1, -0.05) is 0 Å². The van der Waals surface area contributed by atoms with Crippen molar-refractivity contribution in [2.24, 2.45) is 7.05 Å². The quantitative estimate of drug-likeness (QED) is 0.623. The second-order valence-electron chi connectivity index (χ2n) is 7.60. The number of carbonyl (C=O) groups excluding carboxylic acids is 2. The Morgan fingerprint density at radius 3 is 2.90 bits per heavy atom. The molecule has 1 saturated heterocycles. The highest BCUT2D eigenvalue weighted by Crippen LogP contribution is 2.22. The number of likely N-dealkylation sites (tertiary alicyclic amines) is 1. The first-order chi connectivity index (χ1) is 14.1. The molecule has 0 spiro atoms. The van der Waals surface area contributed by atoms with Crippen molar-refractivity contribution in [2.45, 2.75) is 38.6 Å². The van der Waals surface area contributed by atoms with E-state index in [4.69, 9.17) is 4.74 Å². The van der Waals surface area contributed by atoms with Crippen LogP contribution < -0.4 is 0 Å². The molecule has 152 valence electrons. The number of fused-ring (bicyclic) bond motifs is 1. The lowest BCUT2D eigenvalue weighted by Gasteiger charge is -2.35. The van der Waals surface area contributed by atoms with Gasteiger partial charge in [0.05, 0.1) is 30.2 Å². The number of carbonyl (C=O) groups is 2. The van der Waals surface area contributed by atoms with Crippen LogP contribution in [-0.4, -0.2) is 49.9 Å². The first-order valence-corrected chi connectivity index (χ1v) is 10.1. The SMILES string of the molecule is Cc1c(C(=O)OCC[C@@H]2CCCCN2C(=O)c2cccn2C)ccc2cncn12. The molecule has 29 heavy (non-hydrogen) atoms. The number of amides is 1. The van der Waals surface area contributed by atoms with Crippen molar-refractivity contribution in [1.82, 2.24) is 18.9 Å². The molecular formula is C22H26N4O3. The number of hydrogen-bond acceptors (Lipinski definition) is 4. The summed E-state index contributed by atoms with van der Waals surface area (Å²) in [6.07, 6.45) is 9.01. The van der Waals surface area contributed by atoms with Crippen molar-refractivity contribution < 1.29 is 14.3 Å². The van der Waals surface area contributed by atoms with E-state index in [9.17, 15) is 9.59 Å². The lowest BCUT2D eigenvalue weighted by molar-refractivity contribution is 0.0405. The number of piperidine rings is 1. The zero-order valence-corrected chi connectivity index (χ0v) is 16.9. The minimum atomic E-state index is -0.339. The number of nitrogens with zero attached hydrogens (tertiary/aromatic N) is 4. The van der Waals surface area contributed by atoms with Crippen LogP contribution in [0.4, 0.5) is 0 Å². The minimum Gasteiger partial charge on any atom is -0.462 e. The topological polar surface area (TPSA) is 68.8 Å². The van der Waals surface area contributed by atoms with E-state index < -0.39 is 0 Å². The summed E-state index contributed by atoms with van der Waals surface area (Å²) < 4.78 is 9.29. The number of imidazole rings is 1. The molecule has 0 bridgehead atoms. The fourth-order valence-electron chi connectivity index (χ4n) is 4.11. The Labute approximate surface area is 169 Å². The van der Waals surface area contributed by atoms with Crippen LogP contribution in [0.1, 0.15) is 52.2 Å². The van der Waals surface area contributed by atoms with Gasteiger partial charge in [-0.25, -0.2) is 9.78 Å². The van der Waals surface area contributed by atoms with Crippen LogP contribution in [0.2, 0.25) is 0 Å². The predicted molar refractivity (Wildman–Crippen MR) is 109 cm³/mol. The Morgan fingerprint density at radius 2 is 2.10 bits per heavy atom. The van der Waals surface area contributed by atoms with Gasteiger partial charge in [0.15, 0.2) is 0 Å². The molecule has 1 atom stereocenters. The smallest absolute Gasteiger partial charge is 0.339 e. The standard InChI is InChI=1S/C22H26N4O3/c1-16-19(9-8-18-14-23-15-26(16)18)22(28)29-13-10-17-6-3-4-12-25(17)21(27)20-7-5-11-24(20)2/h5,7-9,11,14-15,17H,3-4,6,10,12-13H2,1-2H3/t17-/m0/s1. The highest BCUT2D eigenvalue weighted by molar-refractivity contribution is 5.93. The minimum absolute atomic E-state index is 0.0509. The van der Waals surface area contributed by atoms with Crippen LogP contribution in [0.5, 0.6) is 0 Å². The molecule has 1 aliphatic heterocycles. The second kappa shape index (κ2) is 8.11. The zero-order chi connectivity index (χ0) is 20.4. The fraction of sp³-hybridized carbons (Fsp3) is 0.409. The molecule has 0 aliphatic carbocycles. The molecule has 7 heteroatoms. The molecule has 7 nitrogen and oxygen atoms in total. The Hall–Kier alpha value is -3.09. The third kappa shape index (κ3) is 3.77. The van der Waals surface area contributed by atoms with Crippen molar-refractivity contribution in [3.8, 4) is 0 Å². The highest BCUT2D eigenvalue weighted by Gasteiger charge is 2.28. The van der Waals surface area contributed by atoms with E-state index in [1.54, 1.807) is 18.6 Å². The summed E-state index contributed by atoms with van der Waals surface area (Å²) in [4.78, 5) is 31.6. The van der Waals surface area contributed by atoms with Gasteiger partial charge in [-0.3, -0.25) is 4.79 Å². The van der Waals surface area contributed by atoms with Crippen LogP contribution >= 0.6 is 0 Å². The molecule has 1 aliphatic rings. The molecule has 1 amide bonds. The maximum atomic E-state index is 12.9. The van der Waals surface area contributed by atoms with Gasteiger partial charge in [-0.15, -0.1) is 0 Å². The second-order valence-corrected chi connectivity index (χ2v) is 7.60. The predicted octanol–water partition coefficient (Wildman–Crippen LogP) is 3.22. The van der Waals surface area contributed by atoms with E-state index in [1.807, 2.05) is 52.2 Å². The Bertz CT molecular complexity index is 1040. The van der Waals surface area contributed by atoms with Crippen molar-refractivity contribution >= 4 is 17.4 Å². The number of pyridine rings is 1. The molecule has 0 unspecified atom stereocenters. The molecule has 0 saturated carbocycles. The monoisotopic (exact) mass is 394 g/mol. The van der Waals surface area contributed by atoms with E-state index in [0.717, 1.165) is 37.0 Å². The number of ether oxygens (including phenoxy) is 1. The van der Waals surface area contributed by atoms with Gasteiger partial charge in [0.2, 0.25) is 0 Å². The molecule has 4 heterocycles. The van der Waals surface area contributed by atoms with Gasteiger partial charge in [-0.2, -0.15) is 0 Å². The van der Waals surface area contributed by atoms with Gasteiger partial charge in [-0.05, 0) is 50.5 Å². The fourth-order valence-corrected chi connectivity index (χ4v) is 4.11. The van der Waals surface area contributed by atoms with Crippen molar-refractivity contribution in [1.29, 1.82) is 0 Å². The number of esters is 1. The summed E-state index contributed by atoms with van der Waals surface area (Å²) in [5, 5.41) is 0. The maximum absolute atomic E-state index is 12.9. The van der Waals surface area contributed by atoms with Crippen molar-refractivity contribution in [3.63, 3.8) is 0 Å². The molecule has 4 rings (SSSR count). The summed E-state index contributed by atoms with van der Waals surface area (Å²) in [5.74, 6) is -0.288. The molecule has 0 N–H and O–H groups in total. The molecule has 0 aromatic carbocycles. The van der Waals surface area contributed by atoms with Crippen molar-refractivity contribution in [2.75, 3.05) is 13.2 Å². The van der Waals surface area contributed by atoms with Crippen LogP contribution in [0, 0.1) is 6.92 Å². The summed E-state index contributed by atoms with van der Waals surface area (Å²) >= 11 is 0. The summed E-state index contributed by atoms with van der Waals surface area (Å²) in [6, 6.07) is 7.46.